The third-order valence-corrected chi connectivity index (χ3v) is 6.43. The van der Waals surface area contributed by atoms with Crippen molar-refractivity contribution >= 4 is 16.9 Å². The number of aromatic nitrogens is 3. The van der Waals surface area contributed by atoms with Crippen molar-refractivity contribution in [2.75, 3.05) is 26.7 Å². The first-order valence-corrected chi connectivity index (χ1v) is 11.4. The van der Waals surface area contributed by atoms with Gasteiger partial charge in [-0.15, -0.1) is 0 Å². The van der Waals surface area contributed by atoms with Crippen LogP contribution in [0.3, 0.4) is 0 Å². The fraction of sp³-hybridized carbons (Fsp3) is 0.385. The number of carbonyl (C=O) groups is 1. The van der Waals surface area contributed by atoms with Crippen molar-refractivity contribution in [2.24, 2.45) is 11.8 Å². The maximum Gasteiger partial charge on any atom is 0.308 e. The third-order valence-electron chi connectivity index (χ3n) is 6.43. The van der Waals surface area contributed by atoms with Crippen LogP contribution in [-0.4, -0.2) is 63.0 Å². The summed E-state index contributed by atoms with van der Waals surface area (Å²) in [6.45, 7) is 1.74. The lowest BCUT2D eigenvalue weighted by Crippen LogP contribution is -2.44. The Morgan fingerprint density at radius 1 is 1.26 bits per heavy atom. The Morgan fingerprint density at radius 2 is 2.15 bits per heavy atom. The minimum absolute atomic E-state index is 0.00314. The van der Waals surface area contributed by atoms with Gasteiger partial charge < -0.3 is 14.9 Å². The van der Waals surface area contributed by atoms with Crippen LogP contribution in [0.5, 0.6) is 5.75 Å². The van der Waals surface area contributed by atoms with Crippen molar-refractivity contribution in [1.29, 1.82) is 0 Å². The number of hydrogen-bond acceptors (Lipinski definition) is 7. The average Bonchev–Trinajstić information content (AvgIpc) is 2.87. The topological polar surface area (TPSA) is 109 Å². The van der Waals surface area contributed by atoms with Crippen molar-refractivity contribution in [3.05, 3.63) is 60.0 Å². The van der Waals surface area contributed by atoms with E-state index in [1.165, 1.54) is 0 Å². The van der Waals surface area contributed by atoms with E-state index in [2.05, 4.69) is 31.9 Å². The van der Waals surface area contributed by atoms with Crippen LogP contribution in [0.2, 0.25) is 0 Å². The molecule has 3 heterocycles. The van der Waals surface area contributed by atoms with Crippen LogP contribution >= 0.6 is 0 Å². The molecule has 0 bridgehead atoms. The molecule has 1 aliphatic heterocycles. The number of likely N-dealkylation sites (tertiary alicyclic amines) is 1. The van der Waals surface area contributed by atoms with Crippen molar-refractivity contribution in [3.63, 3.8) is 0 Å². The zero-order chi connectivity index (χ0) is 23.9. The Hall–Kier alpha value is -3.54. The first-order chi connectivity index (χ1) is 16.5. The molecule has 1 aromatic carbocycles. The van der Waals surface area contributed by atoms with Gasteiger partial charge in [-0.05, 0) is 67.6 Å². The zero-order valence-corrected chi connectivity index (χ0v) is 19.1. The SMILES string of the molecule is COc1ccc2nccc([C@@H](O)CC[C@@H]3CCN(CC#Cc4ccnnc4)C[C@@H]3C(=O)O)c2c1. The van der Waals surface area contributed by atoms with Crippen LogP contribution < -0.4 is 4.74 Å². The van der Waals surface area contributed by atoms with Crippen LogP contribution in [0.4, 0.5) is 0 Å². The van der Waals surface area contributed by atoms with Gasteiger partial charge in [-0.25, -0.2) is 0 Å². The molecule has 1 fully saturated rings. The molecule has 1 saturated heterocycles. The number of nitrogens with zero attached hydrogens (tertiary/aromatic N) is 4. The maximum absolute atomic E-state index is 12.0. The number of aliphatic hydroxyl groups excluding tert-OH is 1. The molecule has 0 spiro atoms. The molecule has 0 aliphatic carbocycles. The smallest absolute Gasteiger partial charge is 0.308 e. The minimum atomic E-state index is -0.797. The molecule has 0 saturated carbocycles. The lowest BCUT2D eigenvalue weighted by atomic mass is 9.81. The average molecular weight is 461 g/mol. The number of aliphatic hydroxyl groups is 1. The number of methoxy groups -OCH3 is 1. The number of rotatable bonds is 7. The number of benzene rings is 1. The van der Waals surface area contributed by atoms with Gasteiger partial charge in [-0.3, -0.25) is 14.7 Å². The molecule has 0 amide bonds. The normalized spacial score (nSPS) is 19.2. The van der Waals surface area contributed by atoms with Crippen molar-refractivity contribution in [2.45, 2.75) is 25.4 Å². The summed E-state index contributed by atoms with van der Waals surface area (Å²) in [5, 5.41) is 29.2. The Kier molecular flexibility index (Phi) is 7.68. The molecule has 3 aromatic rings. The summed E-state index contributed by atoms with van der Waals surface area (Å²) in [5.74, 6) is 5.57. The largest absolute Gasteiger partial charge is 0.497 e. The highest BCUT2D eigenvalue weighted by Gasteiger charge is 2.34. The standard InChI is InChI=1S/C26H28N4O4/c1-34-20-5-6-24-22(15-20)21(9-11-27-24)25(31)7-4-19-10-14-30(17-23(19)26(32)33)13-2-3-18-8-12-28-29-16-18/h5-6,8-9,11-12,15-16,19,23,25,31H,4,7,10,13-14,17H2,1H3,(H,32,33)/t19-,23+,25+/m1/s1. The molecular formula is C26H28N4O4. The Morgan fingerprint density at radius 3 is 2.91 bits per heavy atom. The number of carboxylic acid groups (broad SMARTS) is 1. The summed E-state index contributed by atoms with van der Waals surface area (Å²) in [6.07, 6.45) is 6.06. The highest BCUT2D eigenvalue weighted by Crippen LogP contribution is 2.33. The van der Waals surface area contributed by atoms with Crippen LogP contribution in [0.15, 0.2) is 48.9 Å². The molecule has 2 aromatic heterocycles. The molecule has 1 aliphatic rings. The van der Waals surface area contributed by atoms with Gasteiger partial charge in [0.05, 0.1) is 43.6 Å². The van der Waals surface area contributed by atoms with E-state index in [0.29, 0.717) is 31.7 Å². The Balaban J connectivity index is 1.38. The summed E-state index contributed by atoms with van der Waals surface area (Å²) in [4.78, 5) is 18.5. The van der Waals surface area contributed by atoms with E-state index in [-0.39, 0.29) is 5.92 Å². The van der Waals surface area contributed by atoms with Gasteiger partial charge >= 0.3 is 5.97 Å². The highest BCUT2D eigenvalue weighted by atomic mass is 16.5. The second kappa shape index (κ2) is 11.1. The molecule has 34 heavy (non-hydrogen) atoms. The first kappa shape index (κ1) is 23.6. The summed E-state index contributed by atoms with van der Waals surface area (Å²) >= 11 is 0. The second-order valence-electron chi connectivity index (χ2n) is 8.54. The van der Waals surface area contributed by atoms with Gasteiger partial charge in [0.1, 0.15) is 5.75 Å². The molecule has 8 nitrogen and oxygen atoms in total. The van der Waals surface area contributed by atoms with Gasteiger partial charge in [0.25, 0.3) is 0 Å². The third kappa shape index (κ3) is 5.68. The van der Waals surface area contributed by atoms with Crippen molar-refractivity contribution < 1.29 is 19.7 Å². The quantitative estimate of drug-likeness (QED) is 0.518. The molecule has 2 N–H and O–H groups in total. The van der Waals surface area contributed by atoms with Crippen LogP contribution in [0.25, 0.3) is 10.9 Å². The van der Waals surface area contributed by atoms with E-state index in [4.69, 9.17) is 4.74 Å². The summed E-state index contributed by atoms with van der Waals surface area (Å²) in [6, 6.07) is 9.20. The van der Waals surface area contributed by atoms with E-state index in [1.54, 1.807) is 31.8 Å². The van der Waals surface area contributed by atoms with Crippen LogP contribution in [0.1, 0.15) is 36.5 Å². The molecule has 0 radical (unpaired) electrons. The summed E-state index contributed by atoms with van der Waals surface area (Å²) in [5.41, 5.74) is 2.36. The van der Waals surface area contributed by atoms with Gasteiger partial charge in [0, 0.05) is 23.7 Å². The first-order valence-electron chi connectivity index (χ1n) is 11.4. The molecule has 176 valence electrons. The number of ether oxygens (including phenoxy) is 1. The number of piperidine rings is 1. The highest BCUT2D eigenvalue weighted by molar-refractivity contribution is 5.83. The number of pyridine rings is 1. The minimum Gasteiger partial charge on any atom is -0.497 e. The fourth-order valence-electron chi connectivity index (χ4n) is 4.55. The molecule has 8 heteroatoms. The van der Waals surface area contributed by atoms with E-state index in [0.717, 1.165) is 35.0 Å². The predicted octanol–water partition coefficient (Wildman–Crippen LogP) is 2.92. The lowest BCUT2D eigenvalue weighted by molar-refractivity contribution is -0.146. The number of aliphatic carboxylic acids is 1. The van der Waals surface area contributed by atoms with Crippen LogP contribution in [-0.2, 0) is 4.79 Å². The maximum atomic E-state index is 12.0. The molecule has 4 rings (SSSR count). The van der Waals surface area contributed by atoms with E-state index in [9.17, 15) is 15.0 Å². The lowest BCUT2D eigenvalue weighted by Gasteiger charge is -2.36. The van der Waals surface area contributed by atoms with Crippen LogP contribution in [0, 0.1) is 23.7 Å². The monoisotopic (exact) mass is 460 g/mol. The number of fused-ring (bicyclic) bond motifs is 1. The predicted molar refractivity (Wildman–Crippen MR) is 127 cm³/mol. The van der Waals surface area contributed by atoms with Gasteiger partial charge in [-0.2, -0.15) is 10.2 Å². The van der Waals surface area contributed by atoms with E-state index in [1.807, 2.05) is 24.3 Å². The van der Waals surface area contributed by atoms with Gasteiger partial charge in [0.2, 0.25) is 0 Å². The number of hydrogen-bond donors (Lipinski definition) is 2. The van der Waals surface area contributed by atoms with Gasteiger partial charge in [-0.1, -0.05) is 11.8 Å². The van der Waals surface area contributed by atoms with Gasteiger partial charge in [0.15, 0.2) is 0 Å². The zero-order valence-electron chi connectivity index (χ0n) is 19.1. The Labute approximate surface area is 198 Å². The van der Waals surface area contributed by atoms with Crippen molar-refractivity contribution in [1.82, 2.24) is 20.1 Å². The Bertz CT molecular complexity index is 1190. The summed E-state index contributed by atoms with van der Waals surface area (Å²) < 4.78 is 5.32. The number of carboxylic acids is 1. The molecule has 0 unspecified atom stereocenters. The summed E-state index contributed by atoms with van der Waals surface area (Å²) in [7, 11) is 1.61. The van der Waals surface area contributed by atoms with E-state index < -0.39 is 18.0 Å². The van der Waals surface area contributed by atoms with E-state index >= 15 is 0 Å². The molecule has 3 atom stereocenters. The fourth-order valence-corrected chi connectivity index (χ4v) is 4.55. The second-order valence-corrected chi connectivity index (χ2v) is 8.54. The van der Waals surface area contributed by atoms with Crippen molar-refractivity contribution in [3.8, 4) is 17.6 Å². The molecular weight excluding hydrogens is 432 g/mol.